The van der Waals surface area contributed by atoms with Gasteiger partial charge >= 0.3 is 0 Å². The van der Waals surface area contributed by atoms with Crippen molar-refractivity contribution in [2.45, 2.75) is 39.7 Å². The maximum Gasteiger partial charge on any atom is 0.294 e. The lowest BCUT2D eigenvalue weighted by molar-refractivity contribution is -0.136. The summed E-state index contributed by atoms with van der Waals surface area (Å²) in [6.07, 6.45) is 4.82. The summed E-state index contributed by atoms with van der Waals surface area (Å²) >= 11 is 0.898. The molecule has 2 aliphatic heterocycles. The van der Waals surface area contributed by atoms with Crippen molar-refractivity contribution < 1.29 is 19.1 Å². The molecule has 7 nitrogen and oxygen atoms in total. The second kappa shape index (κ2) is 10.3. The quantitative estimate of drug-likeness (QED) is 0.570. The Morgan fingerprint density at radius 2 is 1.82 bits per heavy atom. The zero-order chi connectivity index (χ0) is 23.4. The highest BCUT2D eigenvalue weighted by Crippen LogP contribution is 2.33. The minimum Gasteiger partial charge on any atom is -0.492 e. The van der Waals surface area contributed by atoms with Crippen LogP contribution in [0.15, 0.2) is 41.3 Å². The van der Waals surface area contributed by atoms with E-state index < -0.39 is 5.91 Å². The van der Waals surface area contributed by atoms with Gasteiger partial charge in [0, 0.05) is 24.5 Å². The molecule has 0 aliphatic carbocycles. The minimum atomic E-state index is -0.396. The van der Waals surface area contributed by atoms with Crippen LogP contribution in [-0.4, -0.2) is 57.7 Å². The summed E-state index contributed by atoms with van der Waals surface area (Å²) in [5, 5.41) is -0.387. The van der Waals surface area contributed by atoms with Crippen molar-refractivity contribution in [3.05, 3.63) is 58.3 Å². The van der Waals surface area contributed by atoms with Crippen LogP contribution in [0, 0.1) is 13.8 Å². The number of hydrogen-bond donors (Lipinski definition) is 0. The van der Waals surface area contributed by atoms with E-state index in [1.165, 1.54) is 0 Å². The topological polar surface area (TPSA) is 71.9 Å². The molecule has 4 rings (SSSR count). The van der Waals surface area contributed by atoms with Crippen molar-refractivity contribution in [1.82, 2.24) is 14.4 Å². The Bertz CT molecular complexity index is 1070. The lowest BCUT2D eigenvalue weighted by atomic mass is 10.1. The number of aryl methyl sites for hydroxylation is 1. The predicted octanol–water partition coefficient (Wildman–Crippen LogP) is 4.23. The van der Waals surface area contributed by atoms with Gasteiger partial charge in [0.1, 0.15) is 18.9 Å². The highest BCUT2D eigenvalue weighted by atomic mass is 32.2. The van der Waals surface area contributed by atoms with Gasteiger partial charge < -0.3 is 14.2 Å². The number of likely N-dealkylation sites (tertiary alicyclic amines) is 1. The van der Waals surface area contributed by atoms with Crippen LogP contribution in [0.2, 0.25) is 0 Å². The molecule has 174 valence electrons. The van der Waals surface area contributed by atoms with Crippen molar-refractivity contribution in [1.29, 1.82) is 0 Å². The lowest BCUT2D eigenvalue weighted by Crippen LogP contribution is -2.44. The van der Waals surface area contributed by atoms with E-state index >= 15 is 0 Å². The molecule has 0 atom stereocenters. The smallest absolute Gasteiger partial charge is 0.294 e. The van der Waals surface area contributed by atoms with E-state index in [4.69, 9.17) is 4.74 Å². The molecule has 1 aromatic carbocycles. The van der Waals surface area contributed by atoms with Gasteiger partial charge in [-0.25, -0.2) is 0 Å². The number of carbonyl (C=O) groups is 3. The number of aromatic nitrogens is 1. The second-order valence-electron chi connectivity index (χ2n) is 8.35. The first kappa shape index (κ1) is 23.2. The van der Waals surface area contributed by atoms with Crippen LogP contribution in [0.5, 0.6) is 5.75 Å². The Hall–Kier alpha value is -3.00. The Kier molecular flexibility index (Phi) is 7.23. The average molecular weight is 468 g/mol. The molecular formula is C25H29N3O4S. The van der Waals surface area contributed by atoms with Gasteiger partial charge in [-0.15, -0.1) is 0 Å². The molecule has 3 amide bonds. The molecule has 2 fully saturated rings. The summed E-state index contributed by atoms with van der Waals surface area (Å²) in [5.41, 5.74) is 2.94. The van der Waals surface area contributed by atoms with Gasteiger partial charge in [-0.05, 0) is 74.7 Å². The standard InChI is InChI=1S/C25H29N3O4S/c1-18-15-20(19(2)27(18)13-14-32-21-9-5-3-6-10-21)16-22-24(30)28(25(31)33-22)17-23(29)26-11-7-4-8-12-26/h3,5-6,9-10,15-16H,4,7-8,11-14,17H2,1-2H3/b22-16-. The molecular weight excluding hydrogens is 438 g/mol. The van der Waals surface area contributed by atoms with Gasteiger partial charge in [-0.2, -0.15) is 0 Å². The van der Waals surface area contributed by atoms with Crippen LogP contribution >= 0.6 is 11.8 Å². The molecule has 3 heterocycles. The molecule has 2 aliphatic rings. The number of para-hydroxylation sites is 1. The molecule has 0 N–H and O–H groups in total. The van der Waals surface area contributed by atoms with Crippen LogP contribution in [0.25, 0.3) is 6.08 Å². The van der Waals surface area contributed by atoms with Crippen LogP contribution in [0.3, 0.4) is 0 Å². The lowest BCUT2D eigenvalue weighted by Gasteiger charge is -2.27. The zero-order valence-corrected chi connectivity index (χ0v) is 19.9. The molecule has 0 unspecified atom stereocenters. The van der Waals surface area contributed by atoms with Crippen LogP contribution < -0.4 is 4.74 Å². The summed E-state index contributed by atoms with van der Waals surface area (Å²) in [6, 6.07) is 11.7. The fourth-order valence-electron chi connectivity index (χ4n) is 4.25. The van der Waals surface area contributed by atoms with Crippen LogP contribution in [0.4, 0.5) is 4.79 Å². The zero-order valence-electron chi connectivity index (χ0n) is 19.1. The maximum absolute atomic E-state index is 12.9. The number of ether oxygens (including phenoxy) is 1. The van der Waals surface area contributed by atoms with E-state index in [-0.39, 0.29) is 17.7 Å². The summed E-state index contributed by atoms with van der Waals surface area (Å²) < 4.78 is 7.95. The Morgan fingerprint density at radius 1 is 1.09 bits per heavy atom. The molecule has 0 spiro atoms. The van der Waals surface area contributed by atoms with Gasteiger partial charge in [-0.3, -0.25) is 19.3 Å². The number of piperidine rings is 1. The largest absolute Gasteiger partial charge is 0.492 e. The highest BCUT2D eigenvalue weighted by Gasteiger charge is 2.37. The monoisotopic (exact) mass is 467 g/mol. The third-order valence-corrected chi connectivity index (χ3v) is 7.01. The first-order valence-corrected chi connectivity index (χ1v) is 12.1. The molecule has 0 bridgehead atoms. The van der Waals surface area contributed by atoms with Crippen molar-refractivity contribution >= 4 is 34.9 Å². The number of imide groups is 1. The highest BCUT2D eigenvalue weighted by molar-refractivity contribution is 8.18. The van der Waals surface area contributed by atoms with E-state index in [1.54, 1.807) is 11.0 Å². The van der Waals surface area contributed by atoms with Crippen LogP contribution in [-0.2, 0) is 16.1 Å². The second-order valence-corrected chi connectivity index (χ2v) is 9.34. The van der Waals surface area contributed by atoms with E-state index in [0.29, 0.717) is 31.1 Å². The number of nitrogens with zero attached hydrogens (tertiary/aromatic N) is 3. The summed E-state index contributed by atoms with van der Waals surface area (Å²) in [6.45, 7) is 6.41. The number of hydrogen-bond acceptors (Lipinski definition) is 5. The average Bonchev–Trinajstić information content (AvgIpc) is 3.24. The number of benzene rings is 1. The fourth-order valence-corrected chi connectivity index (χ4v) is 5.07. The van der Waals surface area contributed by atoms with Crippen LogP contribution in [0.1, 0.15) is 36.2 Å². The van der Waals surface area contributed by atoms with E-state index in [9.17, 15) is 14.4 Å². The van der Waals surface area contributed by atoms with Crippen molar-refractivity contribution in [3.63, 3.8) is 0 Å². The third-order valence-electron chi connectivity index (χ3n) is 6.10. The molecule has 0 radical (unpaired) electrons. The first-order valence-electron chi connectivity index (χ1n) is 11.3. The summed E-state index contributed by atoms with van der Waals surface area (Å²) in [5.74, 6) is 0.273. The SMILES string of the molecule is Cc1cc(/C=C2\SC(=O)N(CC(=O)N3CCCCC3)C2=O)c(C)n1CCOc1ccccc1. The first-order chi connectivity index (χ1) is 15.9. The number of thioether (sulfide) groups is 1. The van der Waals surface area contributed by atoms with E-state index in [1.807, 2.05) is 50.2 Å². The third kappa shape index (κ3) is 5.33. The van der Waals surface area contributed by atoms with Gasteiger partial charge in [0.05, 0.1) is 11.4 Å². The van der Waals surface area contributed by atoms with E-state index in [0.717, 1.165) is 58.6 Å². The molecule has 2 aromatic rings. The summed E-state index contributed by atoms with van der Waals surface area (Å²) in [7, 11) is 0. The maximum atomic E-state index is 12.9. The number of carbonyl (C=O) groups excluding carboxylic acids is 3. The molecule has 1 aromatic heterocycles. The normalized spacial score (nSPS) is 17.8. The predicted molar refractivity (Wildman–Crippen MR) is 129 cm³/mol. The fraction of sp³-hybridized carbons (Fsp3) is 0.400. The van der Waals surface area contributed by atoms with Crippen molar-refractivity contribution in [3.8, 4) is 5.75 Å². The minimum absolute atomic E-state index is 0.158. The Balaban J connectivity index is 1.42. The van der Waals surface area contributed by atoms with Gasteiger partial charge in [0.15, 0.2) is 0 Å². The molecule has 33 heavy (non-hydrogen) atoms. The number of rotatable bonds is 7. The Morgan fingerprint density at radius 3 is 2.55 bits per heavy atom. The van der Waals surface area contributed by atoms with Crippen molar-refractivity contribution in [2.24, 2.45) is 0 Å². The molecule has 0 saturated carbocycles. The Labute approximate surface area is 198 Å². The van der Waals surface area contributed by atoms with Crippen molar-refractivity contribution in [2.75, 3.05) is 26.2 Å². The summed E-state index contributed by atoms with van der Waals surface area (Å²) in [4.78, 5) is 41.1. The molecule has 8 heteroatoms. The van der Waals surface area contributed by atoms with Gasteiger partial charge in [0.25, 0.3) is 11.1 Å². The van der Waals surface area contributed by atoms with Gasteiger partial charge in [0.2, 0.25) is 5.91 Å². The molecule has 2 saturated heterocycles. The number of amides is 3. The van der Waals surface area contributed by atoms with Gasteiger partial charge in [-0.1, -0.05) is 18.2 Å². The van der Waals surface area contributed by atoms with E-state index in [2.05, 4.69) is 4.57 Å².